The highest BCUT2D eigenvalue weighted by molar-refractivity contribution is 6.19. The second-order valence-electron chi connectivity index (χ2n) is 16.5. The third-order valence-electron chi connectivity index (χ3n) is 12.6. The van der Waals surface area contributed by atoms with E-state index in [0.717, 1.165) is 61.1 Å². The smallest absolute Gasteiger partial charge is 0.143 e. The Bertz CT molecular complexity index is 3580. The second-order valence-corrected chi connectivity index (χ2v) is 16.5. The highest BCUT2D eigenvalue weighted by atomic mass is 16.3. The lowest BCUT2D eigenvalue weighted by molar-refractivity contribution is 0.673. The first-order chi connectivity index (χ1) is 31.7. The van der Waals surface area contributed by atoms with Crippen molar-refractivity contribution in [3.63, 3.8) is 0 Å². The molecule has 0 fully saturated rings. The maximum absolute atomic E-state index is 6.57. The van der Waals surface area contributed by atoms with Gasteiger partial charge in [0, 0.05) is 33.2 Å². The first kappa shape index (κ1) is 37.3. The van der Waals surface area contributed by atoms with Gasteiger partial charge >= 0.3 is 0 Å². The average molecular weight is 816 g/mol. The minimum atomic E-state index is 0.894. The van der Waals surface area contributed by atoms with Gasteiger partial charge in [-0.1, -0.05) is 182 Å². The maximum atomic E-state index is 6.57. The molecule has 300 valence electrons. The Morgan fingerprint density at radius 3 is 1.44 bits per heavy atom. The third-order valence-corrected chi connectivity index (χ3v) is 12.6. The molecule has 0 radical (unpaired) electrons. The summed E-state index contributed by atoms with van der Waals surface area (Å²) >= 11 is 0. The summed E-state index contributed by atoms with van der Waals surface area (Å²) in [5.74, 6) is 0. The van der Waals surface area contributed by atoms with E-state index in [4.69, 9.17) is 4.42 Å². The number of hydrogen-bond acceptors (Lipinski definition) is 2. The van der Waals surface area contributed by atoms with Gasteiger partial charge in [0.15, 0.2) is 0 Å². The molecule has 64 heavy (non-hydrogen) atoms. The zero-order valence-electron chi connectivity index (χ0n) is 35.0. The summed E-state index contributed by atoms with van der Waals surface area (Å²) < 4.78 is 6.57. The maximum Gasteiger partial charge on any atom is 0.143 e. The van der Waals surface area contributed by atoms with E-state index in [1.165, 1.54) is 55.1 Å². The second kappa shape index (κ2) is 15.8. The molecule has 0 aliphatic heterocycles. The highest BCUT2D eigenvalue weighted by Gasteiger charge is 2.18. The van der Waals surface area contributed by atoms with E-state index in [9.17, 15) is 0 Å². The molecule has 2 nitrogen and oxygen atoms in total. The van der Waals surface area contributed by atoms with Crippen LogP contribution >= 0.6 is 0 Å². The minimum absolute atomic E-state index is 0.894. The van der Waals surface area contributed by atoms with E-state index in [1.807, 2.05) is 0 Å². The molecule has 0 amide bonds. The summed E-state index contributed by atoms with van der Waals surface area (Å²) in [4.78, 5) is 2.37. The molecule has 0 bridgehead atoms. The Kier molecular flexibility index (Phi) is 9.20. The van der Waals surface area contributed by atoms with Crippen LogP contribution in [0, 0.1) is 0 Å². The largest absolute Gasteiger partial charge is 0.455 e. The van der Waals surface area contributed by atoms with Gasteiger partial charge in [-0.05, 0) is 139 Å². The Balaban J connectivity index is 0.975. The highest BCUT2D eigenvalue weighted by Crippen LogP contribution is 2.43. The molecule has 0 N–H and O–H groups in total. The van der Waals surface area contributed by atoms with Crippen molar-refractivity contribution in [3.05, 3.63) is 249 Å². The van der Waals surface area contributed by atoms with Gasteiger partial charge < -0.3 is 9.32 Å². The fourth-order valence-corrected chi connectivity index (χ4v) is 9.51. The molecule has 12 aromatic rings. The van der Waals surface area contributed by atoms with Crippen LogP contribution in [0.15, 0.2) is 253 Å². The molecule has 0 atom stereocenters. The van der Waals surface area contributed by atoms with Gasteiger partial charge in [0.2, 0.25) is 0 Å². The fraction of sp³-hybridized carbons (Fsp3) is 0. The lowest BCUT2D eigenvalue weighted by Gasteiger charge is -2.26. The Hall–Kier alpha value is -8.46. The van der Waals surface area contributed by atoms with Crippen molar-refractivity contribution in [2.75, 3.05) is 4.90 Å². The molecule has 2 heteroatoms. The van der Waals surface area contributed by atoms with E-state index in [1.54, 1.807) is 0 Å². The monoisotopic (exact) mass is 815 g/mol. The van der Waals surface area contributed by atoms with E-state index < -0.39 is 0 Å². The minimum Gasteiger partial charge on any atom is -0.455 e. The van der Waals surface area contributed by atoms with Crippen molar-refractivity contribution in [3.8, 4) is 55.6 Å². The summed E-state index contributed by atoms with van der Waals surface area (Å²) in [6.07, 6.45) is 0. The van der Waals surface area contributed by atoms with Crippen LogP contribution in [0.4, 0.5) is 17.1 Å². The van der Waals surface area contributed by atoms with Gasteiger partial charge in [0.05, 0.1) is 0 Å². The summed E-state index contributed by atoms with van der Waals surface area (Å²) in [7, 11) is 0. The van der Waals surface area contributed by atoms with Gasteiger partial charge in [-0.3, -0.25) is 0 Å². The predicted octanol–water partition coefficient (Wildman–Crippen LogP) is 17.7. The average Bonchev–Trinajstić information content (AvgIpc) is 3.77. The third kappa shape index (κ3) is 6.70. The molecule has 12 rings (SSSR count). The lowest BCUT2D eigenvalue weighted by atomic mass is 9.93. The standard InChI is InChI=1S/C62H41NO/c1-3-14-42(15-4-1)49-38-50(43-16-5-2-6-17-43)40-51(39-49)44-28-33-52(34-29-44)63(54-22-11-21-48(41-54)56-25-12-20-45-18-7-9-23-55(45)56)53-35-30-47(31-36-53)57-26-13-27-60-61(57)59-37-32-46-19-8-10-24-58(46)62(59)64-60/h1-41H. The molecule has 0 aliphatic carbocycles. The summed E-state index contributed by atoms with van der Waals surface area (Å²) in [5.41, 5.74) is 16.8. The lowest BCUT2D eigenvalue weighted by Crippen LogP contribution is -2.10. The quantitative estimate of drug-likeness (QED) is 0.152. The number of benzene rings is 11. The summed E-state index contributed by atoms with van der Waals surface area (Å²) in [6.45, 7) is 0. The molecule has 1 aromatic heterocycles. The Morgan fingerprint density at radius 1 is 0.266 bits per heavy atom. The van der Waals surface area contributed by atoms with Crippen LogP contribution in [0.25, 0.3) is 99.1 Å². The van der Waals surface area contributed by atoms with Gasteiger partial charge in [-0.2, -0.15) is 0 Å². The molecular formula is C62H41NO. The van der Waals surface area contributed by atoms with Crippen molar-refractivity contribution in [2.24, 2.45) is 0 Å². The zero-order valence-corrected chi connectivity index (χ0v) is 35.0. The fourth-order valence-electron chi connectivity index (χ4n) is 9.51. The number of fused-ring (bicyclic) bond motifs is 6. The van der Waals surface area contributed by atoms with Crippen molar-refractivity contribution in [2.45, 2.75) is 0 Å². The van der Waals surface area contributed by atoms with Crippen LogP contribution in [0.2, 0.25) is 0 Å². The number of rotatable bonds is 8. The van der Waals surface area contributed by atoms with Crippen molar-refractivity contribution >= 4 is 60.5 Å². The van der Waals surface area contributed by atoms with Crippen LogP contribution in [-0.2, 0) is 0 Å². The zero-order chi connectivity index (χ0) is 42.4. The van der Waals surface area contributed by atoms with Crippen molar-refractivity contribution in [1.82, 2.24) is 0 Å². The van der Waals surface area contributed by atoms with Gasteiger partial charge in [0.1, 0.15) is 11.2 Å². The van der Waals surface area contributed by atoms with E-state index in [0.29, 0.717) is 0 Å². The van der Waals surface area contributed by atoms with Crippen molar-refractivity contribution in [1.29, 1.82) is 0 Å². The summed E-state index contributed by atoms with van der Waals surface area (Å²) in [5, 5.41) is 7.04. The topological polar surface area (TPSA) is 16.4 Å². The van der Waals surface area contributed by atoms with Crippen LogP contribution in [0.5, 0.6) is 0 Å². The first-order valence-corrected chi connectivity index (χ1v) is 21.9. The van der Waals surface area contributed by atoms with Crippen LogP contribution < -0.4 is 4.90 Å². The number of furan rings is 1. The van der Waals surface area contributed by atoms with Crippen LogP contribution in [0.3, 0.4) is 0 Å². The SMILES string of the molecule is c1ccc(-c2cc(-c3ccccc3)cc(-c3ccc(N(c4ccc(-c5cccc6oc7c8ccccc8ccc7c56)cc4)c4cccc(-c5cccc6ccccc56)c4)cc3)c2)cc1. The number of hydrogen-bond donors (Lipinski definition) is 0. The molecule has 0 spiro atoms. The number of anilines is 3. The van der Waals surface area contributed by atoms with Gasteiger partial charge in [0.25, 0.3) is 0 Å². The molecule has 0 unspecified atom stereocenters. The molecule has 1 heterocycles. The van der Waals surface area contributed by atoms with Gasteiger partial charge in [-0.25, -0.2) is 0 Å². The molecular weight excluding hydrogens is 775 g/mol. The number of nitrogens with zero attached hydrogens (tertiary/aromatic N) is 1. The first-order valence-electron chi connectivity index (χ1n) is 21.9. The summed E-state index contributed by atoms with van der Waals surface area (Å²) in [6, 6.07) is 89.7. The van der Waals surface area contributed by atoms with Crippen molar-refractivity contribution < 1.29 is 4.42 Å². The molecule has 0 saturated carbocycles. The Labute approximate surface area is 372 Å². The van der Waals surface area contributed by atoms with Crippen LogP contribution in [0.1, 0.15) is 0 Å². The Morgan fingerprint density at radius 2 is 0.766 bits per heavy atom. The van der Waals surface area contributed by atoms with Gasteiger partial charge in [-0.15, -0.1) is 0 Å². The van der Waals surface area contributed by atoms with E-state index in [2.05, 4.69) is 254 Å². The molecule has 0 aliphatic rings. The normalized spacial score (nSPS) is 11.4. The molecule has 11 aromatic carbocycles. The van der Waals surface area contributed by atoms with Crippen LogP contribution in [-0.4, -0.2) is 0 Å². The predicted molar refractivity (Wildman–Crippen MR) is 271 cm³/mol. The van der Waals surface area contributed by atoms with E-state index in [-0.39, 0.29) is 0 Å². The van der Waals surface area contributed by atoms with E-state index >= 15 is 0 Å². The molecule has 0 saturated heterocycles.